The normalized spacial score (nSPS) is 11.6. The molecule has 0 atom stereocenters. The summed E-state index contributed by atoms with van der Waals surface area (Å²) in [4.78, 5) is 0. The van der Waals surface area contributed by atoms with Crippen LogP contribution in [-0.2, 0) is 6.54 Å². The molecule has 0 aromatic heterocycles. The number of rotatable bonds is 12. The Bertz CT molecular complexity index is 387. The fourth-order valence-electron chi connectivity index (χ4n) is 2.17. The molecule has 3 nitrogen and oxygen atoms in total. The molecule has 0 fully saturated rings. The predicted molar refractivity (Wildman–Crippen MR) is 93.3 cm³/mol. The highest BCUT2D eigenvalue weighted by Crippen LogP contribution is 2.14. The van der Waals surface area contributed by atoms with E-state index >= 15 is 0 Å². The van der Waals surface area contributed by atoms with Crippen molar-refractivity contribution in [2.24, 2.45) is 0 Å². The highest BCUT2D eigenvalue weighted by Gasteiger charge is 2.14. The lowest BCUT2D eigenvalue weighted by Gasteiger charge is -2.23. The van der Waals surface area contributed by atoms with Gasteiger partial charge >= 0.3 is 0 Å². The molecule has 1 aromatic rings. The summed E-state index contributed by atoms with van der Waals surface area (Å²) in [5.74, 6) is 0.943. The minimum absolute atomic E-state index is 0.131. The minimum Gasteiger partial charge on any atom is -0.494 e. The molecule has 0 spiro atoms. The molecule has 0 unspecified atom stereocenters. The maximum atomic E-state index is 9.22. The van der Waals surface area contributed by atoms with E-state index in [4.69, 9.17) is 4.74 Å². The molecular weight excluding hydrogens is 274 g/mol. The van der Waals surface area contributed by atoms with Crippen molar-refractivity contribution in [2.75, 3.05) is 13.2 Å². The van der Waals surface area contributed by atoms with E-state index < -0.39 is 0 Å². The van der Waals surface area contributed by atoms with Crippen LogP contribution in [0.4, 0.5) is 0 Å². The first-order valence-electron chi connectivity index (χ1n) is 8.65. The van der Waals surface area contributed by atoms with Gasteiger partial charge in [0, 0.05) is 12.1 Å². The number of aliphatic hydroxyl groups excluding tert-OH is 1. The van der Waals surface area contributed by atoms with Gasteiger partial charge in [-0.3, -0.25) is 0 Å². The van der Waals surface area contributed by atoms with Gasteiger partial charge in [0.25, 0.3) is 0 Å². The number of unbranched alkanes of at least 4 members (excludes halogenated alkanes) is 5. The van der Waals surface area contributed by atoms with Gasteiger partial charge < -0.3 is 15.2 Å². The SMILES string of the molecule is CCCCCCCCOc1ccc(CNC(C)(C)CO)cc1. The molecule has 0 radical (unpaired) electrons. The highest BCUT2D eigenvalue weighted by molar-refractivity contribution is 5.27. The third-order valence-corrected chi connectivity index (χ3v) is 3.86. The van der Waals surface area contributed by atoms with Crippen molar-refractivity contribution in [3.05, 3.63) is 29.8 Å². The Morgan fingerprint density at radius 2 is 1.64 bits per heavy atom. The first-order valence-corrected chi connectivity index (χ1v) is 8.65. The Morgan fingerprint density at radius 1 is 1.00 bits per heavy atom. The van der Waals surface area contributed by atoms with Crippen LogP contribution in [0.15, 0.2) is 24.3 Å². The van der Waals surface area contributed by atoms with Crippen LogP contribution in [0.3, 0.4) is 0 Å². The number of benzene rings is 1. The summed E-state index contributed by atoms with van der Waals surface area (Å²) in [6, 6.07) is 8.22. The fourth-order valence-corrected chi connectivity index (χ4v) is 2.17. The first kappa shape index (κ1) is 19.0. The third-order valence-electron chi connectivity index (χ3n) is 3.86. The van der Waals surface area contributed by atoms with E-state index in [1.165, 1.54) is 37.7 Å². The molecule has 3 heteroatoms. The quantitative estimate of drug-likeness (QED) is 0.566. The average molecular weight is 307 g/mol. The van der Waals surface area contributed by atoms with Crippen LogP contribution >= 0.6 is 0 Å². The van der Waals surface area contributed by atoms with Crippen molar-refractivity contribution in [3.63, 3.8) is 0 Å². The Morgan fingerprint density at radius 3 is 2.27 bits per heavy atom. The standard InChI is InChI=1S/C19H33NO2/c1-4-5-6-7-8-9-14-22-18-12-10-17(11-13-18)15-20-19(2,3)16-21/h10-13,20-21H,4-9,14-16H2,1-3H3. The molecule has 0 aliphatic rings. The molecule has 0 amide bonds. The van der Waals surface area contributed by atoms with E-state index in [-0.39, 0.29) is 12.1 Å². The van der Waals surface area contributed by atoms with E-state index in [2.05, 4.69) is 24.4 Å². The van der Waals surface area contributed by atoms with Crippen molar-refractivity contribution in [2.45, 2.75) is 71.4 Å². The molecule has 126 valence electrons. The molecule has 0 saturated heterocycles. The zero-order chi connectivity index (χ0) is 16.3. The van der Waals surface area contributed by atoms with Crippen LogP contribution in [0.5, 0.6) is 5.75 Å². The lowest BCUT2D eigenvalue weighted by Crippen LogP contribution is -2.42. The minimum atomic E-state index is -0.243. The number of ether oxygens (including phenoxy) is 1. The molecule has 2 N–H and O–H groups in total. The van der Waals surface area contributed by atoms with E-state index in [1.807, 2.05) is 26.0 Å². The largest absolute Gasteiger partial charge is 0.494 e. The van der Waals surface area contributed by atoms with Gasteiger partial charge in [-0.1, -0.05) is 51.2 Å². The average Bonchev–Trinajstić information content (AvgIpc) is 2.53. The molecule has 0 saturated carbocycles. The predicted octanol–water partition coefficient (Wildman–Crippen LogP) is 4.29. The molecule has 0 heterocycles. The Hall–Kier alpha value is -1.06. The molecule has 22 heavy (non-hydrogen) atoms. The first-order chi connectivity index (χ1) is 10.6. The second-order valence-electron chi connectivity index (χ2n) is 6.66. The zero-order valence-electron chi connectivity index (χ0n) is 14.5. The van der Waals surface area contributed by atoms with Crippen molar-refractivity contribution in [1.82, 2.24) is 5.32 Å². The Kier molecular flexibility index (Phi) is 9.17. The highest BCUT2D eigenvalue weighted by atomic mass is 16.5. The van der Waals surface area contributed by atoms with Crippen molar-refractivity contribution >= 4 is 0 Å². The number of hydrogen-bond acceptors (Lipinski definition) is 3. The number of hydrogen-bond donors (Lipinski definition) is 2. The number of nitrogens with one attached hydrogen (secondary N) is 1. The molecule has 0 aliphatic heterocycles. The van der Waals surface area contributed by atoms with Gasteiger partial charge in [-0.25, -0.2) is 0 Å². The summed E-state index contributed by atoms with van der Waals surface area (Å²) in [6.45, 7) is 7.92. The van der Waals surface area contributed by atoms with Gasteiger partial charge in [0.1, 0.15) is 5.75 Å². The van der Waals surface area contributed by atoms with Crippen LogP contribution in [0.1, 0.15) is 64.9 Å². The zero-order valence-corrected chi connectivity index (χ0v) is 14.5. The maximum absolute atomic E-state index is 9.22. The molecule has 0 bridgehead atoms. The van der Waals surface area contributed by atoms with Gasteiger partial charge in [0.05, 0.1) is 13.2 Å². The topological polar surface area (TPSA) is 41.5 Å². The molecule has 0 aliphatic carbocycles. The summed E-state index contributed by atoms with van der Waals surface area (Å²) in [5, 5.41) is 12.6. The summed E-state index contributed by atoms with van der Waals surface area (Å²) in [6.07, 6.45) is 7.72. The molecule has 1 aromatic carbocycles. The maximum Gasteiger partial charge on any atom is 0.119 e. The lowest BCUT2D eigenvalue weighted by atomic mass is 10.1. The Labute approximate surface area is 136 Å². The fraction of sp³-hybridized carbons (Fsp3) is 0.684. The van der Waals surface area contributed by atoms with Crippen LogP contribution in [0.2, 0.25) is 0 Å². The van der Waals surface area contributed by atoms with Crippen LogP contribution in [0, 0.1) is 0 Å². The smallest absolute Gasteiger partial charge is 0.119 e. The Balaban J connectivity index is 2.19. The second-order valence-corrected chi connectivity index (χ2v) is 6.66. The monoisotopic (exact) mass is 307 g/mol. The van der Waals surface area contributed by atoms with Crippen LogP contribution in [0.25, 0.3) is 0 Å². The van der Waals surface area contributed by atoms with Gasteiger partial charge in [-0.15, -0.1) is 0 Å². The molecular formula is C19H33NO2. The lowest BCUT2D eigenvalue weighted by molar-refractivity contribution is 0.187. The summed E-state index contributed by atoms with van der Waals surface area (Å²) in [5.41, 5.74) is 0.959. The van der Waals surface area contributed by atoms with E-state index in [0.29, 0.717) is 0 Å². The van der Waals surface area contributed by atoms with Crippen molar-refractivity contribution < 1.29 is 9.84 Å². The summed E-state index contributed by atoms with van der Waals surface area (Å²) < 4.78 is 5.77. The summed E-state index contributed by atoms with van der Waals surface area (Å²) in [7, 11) is 0. The van der Waals surface area contributed by atoms with Crippen LogP contribution < -0.4 is 10.1 Å². The van der Waals surface area contributed by atoms with Crippen molar-refractivity contribution in [3.8, 4) is 5.75 Å². The van der Waals surface area contributed by atoms with Crippen molar-refractivity contribution in [1.29, 1.82) is 0 Å². The van der Waals surface area contributed by atoms with Gasteiger partial charge in [0.15, 0.2) is 0 Å². The summed E-state index contributed by atoms with van der Waals surface area (Å²) >= 11 is 0. The van der Waals surface area contributed by atoms with Gasteiger partial charge in [0.2, 0.25) is 0 Å². The van der Waals surface area contributed by atoms with Crippen LogP contribution in [-0.4, -0.2) is 23.9 Å². The second kappa shape index (κ2) is 10.6. The van der Waals surface area contributed by atoms with E-state index in [9.17, 15) is 5.11 Å². The third kappa shape index (κ3) is 8.40. The molecule has 1 rings (SSSR count). The number of aliphatic hydroxyl groups is 1. The van der Waals surface area contributed by atoms with Gasteiger partial charge in [-0.05, 0) is 38.0 Å². The van der Waals surface area contributed by atoms with E-state index in [1.54, 1.807) is 0 Å². The van der Waals surface area contributed by atoms with E-state index in [0.717, 1.165) is 25.3 Å². The van der Waals surface area contributed by atoms with Gasteiger partial charge in [-0.2, -0.15) is 0 Å².